The van der Waals surface area contributed by atoms with Crippen molar-refractivity contribution < 1.29 is 0 Å². The summed E-state index contributed by atoms with van der Waals surface area (Å²) in [5.41, 5.74) is 0. The predicted octanol–water partition coefficient (Wildman–Crippen LogP) is 6.47. The molecule has 0 heteroatoms. The third-order valence-electron chi connectivity index (χ3n) is 1.75. The molecule has 0 aromatic carbocycles. The van der Waals surface area contributed by atoms with Gasteiger partial charge in [0.15, 0.2) is 0 Å². The van der Waals surface area contributed by atoms with Gasteiger partial charge in [-0.1, -0.05) is 80.2 Å². The summed E-state index contributed by atoms with van der Waals surface area (Å²) in [5.74, 6) is 0.954. The van der Waals surface area contributed by atoms with Crippen molar-refractivity contribution >= 4 is 0 Å². The van der Waals surface area contributed by atoms with Crippen molar-refractivity contribution in [3.63, 3.8) is 0 Å². The summed E-state index contributed by atoms with van der Waals surface area (Å²) >= 11 is 0. The van der Waals surface area contributed by atoms with Gasteiger partial charge in [0.1, 0.15) is 0 Å². The van der Waals surface area contributed by atoms with Crippen LogP contribution in [0, 0.1) is 5.92 Å². The molecule has 0 rings (SSSR count). The molecule has 0 heterocycles. The van der Waals surface area contributed by atoms with Gasteiger partial charge in [-0.15, -0.1) is 6.58 Å². The highest BCUT2D eigenvalue weighted by atomic mass is 14.0. The van der Waals surface area contributed by atoms with Crippen LogP contribution in [0.25, 0.3) is 0 Å². The third kappa shape index (κ3) is 57.5. The molecule has 0 aliphatic heterocycles. The molecule has 0 aliphatic carbocycles. The highest BCUT2D eigenvalue weighted by Gasteiger charge is 1.94. The predicted molar refractivity (Wildman–Crippen MR) is 77.5 cm³/mol. The molecule has 0 fully saturated rings. The molecular formula is C15H36. The second-order valence-corrected chi connectivity index (χ2v) is 3.06. The first kappa shape index (κ1) is 24.1. The lowest BCUT2D eigenvalue weighted by Gasteiger charge is -2.04. The Morgan fingerprint density at radius 3 is 1.60 bits per heavy atom. The van der Waals surface area contributed by atoms with Crippen LogP contribution in [-0.4, -0.2) is 0 Å². The summed E-state index contributed by atoms with van der Waals surface area (Å²) in [6.07, 6.45) is 7.28. The van der Waals surface area contributed by atoms with Gasteiger partial charge in [-0.2, -0.15) is 0 Å². The summed E-state index contributed by atoms with van der Waals surface area (Å²) in [7, 11) is 0. The maximum atomic E-state index is 3.36. The Bertz CT molecular complexity index is 64.4. The molecule has 0 aromatic rings. The van der Waals surface area contributed by atoms with Crippen molar-refractivity contribution in [1.29, 1.82) is 0 Å². The smallest absolute Gasteiger partial charge is 0.0445 e. The highest BCUT2D eigenvalue weighted by molar-refractivity contribution is 4.51. The van der Waals surface area contributed by atoms with Crippen molar-refractivity contribution in [3.05, 3.63) is 12.7 Å². The molecule has 96 valence electrons. The first-order valence-corrected chi connectivity index (χ1v) is 6.79. The van der Waals surface area contributed by atoms with Gasteiger partial charge in [0.25, 0.3) is 0 Å². The molecule has 0 bridgehead atoms. The van der Waals surface area contributed by atoms with Crippen LogP contribution in [0.5, 0.6) is 0 Å². The van der Waals surface area contributed by atoms with Crippen LogP contribution < -0.4 is 0 Å². The molecule has 1 atom stereocenters. The van der Waals surface area contributed by atoms with Gasteiger partial charge in [0.2, 0.25) is 0 Å². The largest absolute Gasteiger partial charge is 0.103 e. The van der Waals surface area contributed by atoms with Crippen LogP contribution in [0.3, 0.4) is 0 Å². The molecule has 0 nitrogen and oxygen atoms in total. The molecule has 0 saturated carbocycles. The quantitative estimate of drug-likeness (QED) is 0.473. The van der Waals surface area contributed by atoms with Gasteiger partial charge >= 0.3 is 0 Å². The van der Waals surface area contributed by atoms with Gasteiger partial charge < -0.3 is 0 Å². The van der Waals surface area contributed by atoms with Gasteiger partial charge in [0.05, 0.1) is 0 Å². The summed E-state index contributed by atoms with van der Waals surface area (Å²) < 4.78 is 0. The number of allylic oxidation sites excluding steroid dienone is 1. The minimum absolute atomic E-state index is 0.954. The maximum absolute atomic E-state index is 3.36. The number of hydrogen-bond donors (Lipinski definition) is 0. The zero-order valence-corrected chi connectivity index (χ0v) is 12.7. The SMILES string of the molecule is C=CC.CC.CC.CCCCC(C)CC. The number of unbranched alkanes of at least 4 members (excludes halogenated alkanes) is 1. The first-order valence-electron chi connectivity index (χ1n) is 6.79. The molecule has 0 spiro atoms. The van der Waals surface area contributed by atoms with E-state index in [1.54, 1.807) is 6.08 Å². The van der Waals surface area contributed by atoms with E-state index in [2.05, 4.69) is 27.4 Å². The average Bonchev–Trinajstić information content (AvgIpc) is 2.32. The Morgan fingerprint density at radius 2 is 1.40 bits per heavy atom. The van der Waals surface area contributed by atoms with Gasteiger partial charge in [-0.05, 0) is 12.8 Å². The standard InChI is InChI=1S/C8H18.C3H6.2C2H6/c1-4-6-7-8(3)5-2;1-3-2;2*1-2/h8H,4-7H2,1-3H3;3H,1H2,2H3;2*1-2H3. The Morgan fingerprint density at radius 1 is 1.07 bits per heavy atom. The van der Waals surface area contributed by atoms with Crippen LogP contribution in [0.4, 0.5) is 0 Å². The number of hydrogen-bond acceptors (Lipinski definition) is 0. The highest BCUT2D eigenvalue weighted by Crippen LogP contribution is 2.09. The lowest BCUT2D eigenvalue weighted by molar-refractivity contribution is 0.492. The molecule has 15 heavy (non-hydrogen) atoms. The second kappa shape index (κ2) is 37.2. The summed E-state index contributed by atoms with van der Waals surface area (Å²) in [6, 6.07) is 0. The fourth-order valence-electron chi connectivity index (χ4n) is 0.757. The van der Waals surface area contributed by atoms with Gasteiger partial charge in [-0.25, -0.2) is 0 Å². The van der Waals surface area contributed by atoms with Gasteiger partial charge in [0, 0.05) is 0 Å². The Balaban J connectivity index is -0.0000000726. The monoisotopic (exact) mass is 216 g/mol. The Hall–Kier alpha value is -0.260. The maximum Gasteiger partial charge on any atom is -0.0445 e. The van der Waals surface area contributed by atoms with E-state index in [1.807, 2.05) is 34.6 Å². The third-order valence-corrected chi connectivity index (χ3v) is 1.75. The van der Waals surface area contributed by atoms with E-state index in [0.29, 0.717) is 0 Å². The zero-order valence-electron chi connectivity index (χ0n) is 12.7. The van der Waals surface area contributed by atoms with E-state index in [0.717, 1.165) is 5.92 Å². The molecule has 0 amide bonds. The normalized spacial score (nSPS) is 9.07. The van der Waals surface area contributed by atoms with Crippen LogP contribution in [0.1, 0.15) is 81.1 Å². The lowest BCUT2D eigenvalue weighted by atomic mass is 10.0. The van der Waals surface area contributed by atoms with Crippen LogP contribution in [0.2, 0.25) is 0 Å². The van der Waals surface area contributed by atoms with Crippen molar-refractivity contribution in [1.82, 2.24) is 0 Å². The summed E-state index contributed by atoms with van der Waals surface area (Å²) in [4.78, 5) is 0. The van der Waals surface area contributed by atoms with E-state index >= 15 is 0 Å². The minimum atomic E-state index is 0.954. The van der Waals surface area contributed by atoms with Crippen LogP contribution >= 0.6 is 0 Å². The number of rotatable bonds is 4. The average molecular weight is 216 g/mol. The molecular weight excluding hydrogens is 180 g/mol. The van der Waals surface area contributed by atoms with Crippen molar-refractivity contribution in [2.45, 2.75) is 81.1 Å². The summed E-state index contributed by atoms with van der Waals surface area (Å²) in [5, 5.41) is 0. The van der Waals surface area contributed by atoms with Crippen molar-refractivity contribution in [2.24, 2.45) is 5.92 Å². The Kier molecular flexibility index (Phi) is 59.9. The molecule has 0 saturated heterocycles. The lowest BCUT2D eigenvalue weighted by Crippen LogP contribution is -1.89. The molecule has 0 radical (unpaired) electrons. The van der Waals surface area contributed by atoms with E-state index < -0.39 is 0 Å². The van der Waals surface area contributed by atoms with Crippen molar-refractivity contribution in [3.8, 4) is 0 Å². The zero-order chi connectivity index (χ0) is 13.1. The van der Waals surface area contributed by atoms with E-state index in [1.165, 1.54) is 25.7 Å². The summed E-state index contributed by atoms with van der Waals surface area (Å²) in [6.45, 7) is 20.1. The van der Waals surface area contributed by atoms with E-state index in [-0.39, 0.29) is 0 Å². The van der Waals surface area contributed by atoms with E-state index in [4.69, 9.17) is 0 Å². The second-order valence-electron chi connectivity index (χ2n) is 3.06. The molecule has 0 N–H and O–H groups in total. The van der Waals surface area contributed by atoms with E-state index in [9.17, 15) is 0 Å². The van der Waals surface area contributed by atoms with Crippen molar-refractivity contribution in [2.75, 3.05) is 0 Å². The fourth-order valence-corrected chi connectivity index (χ4v) is 0.757. The minimum Gasteiger partial charge on any atom is -0.103 e. The first-order chi connectivity index (χ1) is 7.22. The molecule has 0 aliphatic rings. The van der Waals surface area contributed by atoms with Crippen LogP contribution in [-0.2, 0) is 0 Å². The van der Waals surface area contributed by atoms with Gasteiger partial charge in [-0.3, -0.25) is 0 Å². The van der Waals surface area contributed by atoms with Crippen LogP contribution in [0.15, 0.2) is 12.7 Å². The topological polar surface area (TPSA) is 0 Å². The molecule has 0 aromatic heterocycles. The fraction of sp³-hybridized carbons (Fsp3) is 0.867. The Labute approximate surface area is 100 Å². The molecule has 1 unspecified atom stereocenters.